The van der Waals surface area contributed by atoms with Crippen molar-refractivity contribution in [2.45, 2.75) is 13.3 Å². The lowest BCUT2D eigenvalue weighted by Crippen LogP contribution is -1.99. The van der Waals surface area contributed by atoms with E-state index >= 15 is 0 Å². The van der Waals surface area contributed by atoms with Crippen molar-refractivity contribution >= 4 is 5.65 Å². The molecule has 0 atom stereocenters. The monoisotopic (exact) mass is 328 g/mol. The lowest BCUT2D eigenvalue weighted by atomic mass is 10.0. The van der Waals surface area contributed by atoms with Crippen LogP contribution in [0.1, 0.15) is 16.8 Å². The van der Waals surface area contributed by atoms with Crippen LogP contribution in [-0.2, 0) is 6.42 Å². The second-order valence-electron chi connectivity index (χ2n) is 6.20. The molecule has 2 heterocycles. The summed E-state index contributed by atoms with van der Waals surface area (Å²) in [5, 5.41) is 0. The quantitative estimate of drug-likeness (QED) is 0.532. The molecule has 0 N–H and O–H groups in total. The van der Waals surface area contributed by atoms with E-state index in [-0.39, 0.29) is 0 Å². The Bertz CT molecular complexity index is 1020. The van der Waals surface area contributed by atoms with Gasteiger partial charge in [0.1, 0.15) is 11.4 Å². The van der Waals surface area contributed by atoms with E-state index < -0.39 is 0 Å². The minimum Gasteiger partial charge on any atom is -0.496 e. The number of benzene rings is 2. The average Bonchev–Trinajstić information content (AvgIpc) is 3.01. The summed E-state index contributed by atoms with van der Waals surface area (Å²) >= 11 is 0. The maximum Gasteiger partial charge on any atom is 0.137 e. The van der Waals surface area contributed by atoms with Gasteiger partial charge in [-0.15, -0.1) is 0 Å². The molecule has 0 spiro atoms. The minimum absolute atomic E-state index is 0.763. The lowest BCUT2D eigenvalue weighted by Gasteiger charge is -2.10. The van der Waals surface area contributed by atoms with E-state index in [4.69, 9.17) is 9.72 Å². The fourth-order valence-electron chi connectivity index (χ4n) is 3.23. The second-order valence-corrected chi connectivity index (χ2v) is 6.20. The van der Waals surface area contributed by atoms with Gasteiger partial charge in [-0.1, -0.05) is 54.6 Å². The molecule has 0 aliphatic carbocycles. The van der Waals surface area contributed by atoms with Crippen LogP contribution in [0.2, 0.25) is 0 Å². The summed E-state index contributed by atoms with van der Waals surface area (Å²) in [4.78, 5) is 4.90. The molecule has 0 fully saturated rings. The van der Waals surface area contributed by atoms with Gasteiger partial charge in [-0.2, -0.15) is 0 Å². The molecule has 0 unspecified atom stereocenters. The number of aryl methyl sites for hydroxylation is 1. The smallest absolute Gasteiger partial charge is 0.137 e. The fraction of sp³-hybridized carbons (Fsp3) is 0.136. The topological polar surface area (TPSA) is 26.5 Å². The van der Waals surface area contributed by atoms with E-state index in [1.54, 1.807) is 7.11 Å². The molecule has 4 aromatic rings. The Labute approximate surface area is 147 Å². The van der Waals surface area contributed by atoms with Gasteiger partial charge in [0.2, 0.25) is 0 Å². The van der Waals surface area contributed by atoms with Crippen molar-refractivity contribution in [2.75, 3.05) is 7.11 Å². The third-order valence-corrected chi connectivity index (χ3v) is 4.46. The van der Waals surface area contributed by atoms with Crippen molar-refractivity contribution in [3.05, 3.63) is 89.7 Å². The van der Waals surface area contributed by atoms with Crippen molar-refractivity contribution in [1.29, 1.82) is 0 Å². The molecule has 0 saturated carbocycles. The van der Waals surface area contributed by atoms with Crippen LogP contribution in [-0.4, -0.2) is 16.5 Å². The Morgan fingerprint density at radius 2 is 1.68 bits per heavy atom. The summed E-state index contributed by atoms with van der Waals surface area (Å²) in [6.45, 7) is 2.11. The van der Waals surface area contributed by atoms with Gasteiger partial charge in [0.25, 0.3) is 0 Å². The molecular weight excluding hydrogens is 308 g/mol. The van der Waals surface area contributed by atoms with E-state index in [1.807, 2.05) is 18.2 Å². The molecule has 124 valence electrons. The van der Waals surface area contributed by atoms with Gasteiger partial charge in [-0.3, -0.25) is 0 Å². The standard InChI is InChI=1S/C22H20N2O/c1-16-12-13-21-23-22(17-8-4-3-5-9-17)19(24(21)15-16)14-18-10-6-7-11-20(18)25-2/h3-13,15H,14H2,1-2H3. The number of rotatable bonds is 4. The second kappa shape index (κ2) is 6.44. The van der Waals surface area contributed by atoms with Crippen LogP contribution in [0.4, 0.5) is 0 Å². The van der Waals surface area contributed by atoms with Crippen LogP contribution < -0.4 is 4.74 Å². The highest BCUT2D eigenvalue weighted by atomic mass is 16.5. The van der Waals surface area contributed by atoms with Gasteiger partial charge in [0, 0.05) is 23.7 Å². The van der Waals surface area contributed by atoms with E-state index in [9.17, 15) is 0 Å². The van der Waals surface area contributed by atoms with Crippen molar-refractivity contribution in [3.8, 4) is 17.0 Å². The van der Waals surface area contributed by atoms with Gasteiger partial charge >= 0.3 is 0 Å². The normalized spacial score (nSPS) is 11.0. The van der Waals surface area contributed by atoms with E-state index in [0.29, 0.717) is 0 Å². The van der Waals surface area contributed by atoms with Crippen LogP contribution in [0.25, 0.3) is 16.9 Å². The maximum absolute atomic E-state index is 5.55. The minimum atomic E-state index is 0.763. The molecule has 0 bridgehead atoms. The SMILES string of the molecule is COc1ccccc1Cc1c(-c2ccccc2)nc2ccc(C)cn12. The summed E-state index contributed by atoms with van der Waals surface area (Å²) in [6.07, 6.45) is 2.92. The van der Waals surface area contributed by atoms with Crippen LogP contribution in [0.15, 0.2) is 72.9 Å². The highest BCUT2D eigenvalue weighted by molar-refractivity contribution is 5.67. The van der Waals surface area contributed by atoms with Gasteiger partial charge in [0.15, 0.2) is 0 Å². The summed E-state index contributed by atoms with van der Waals surface area (Å²) in [5.74, 6) is 0.907. The molecule has 2 aromatic heterocycles. The van der Waals surface area contributed by atoms with E-state index in [1.165, 1.54) is 11.3 Å². The number of para-hydroxylation sites is 1. The average molecular weight is 328 g/mol. The van der Waals surface area contributed by atoms with Crippen molar-refractivity contribution in [1.82, 2.24) is 9.38 Å². The molecule has 0 amide bonds. The Morgan fingerprint density at radius 1 is 0.920 bits per heavy atom. The zero-order valence-electron chi connectivity index (χ0n) is 14.4. The fourth-order valence-corrected chi connectivity index (χ4v) is 3.23. The third kappa shape index (κ3) is 2.89. The Hall–Kier alpha value is -3.07. The molecule has 0 aliphatic heterocycles. The number of hydrogen-bond acceptors (Lipinski definition) is 2. The number of pyridine rings is 1. The third-order valence-electron chi connectivity index (χ3n) is 4.46. The van der Waals surface area contributed by atoms with Crippen molar-refractivity contribution < 1.29 is 4.74 Å². The number of imidazole rings is 1. The first-order chi connectivity index (χ1) is 12.3. The highest BCUT2D eigenvalue weighted by Gasteiger charge is 2.16. The lowest BCUT2D eigenvalue weighted by molar-refractivity contribution is 0.410. The first-order valence-corrected chi connectivity index (χ1v) is 8.41. The summed E-state index contributed by atoms with van der Waals surface area (Å²) in [7, 11) is 1.72. The van der Waals surface area contributed by atoms with Crippen LogP contribution >= 0.6 is 0 Å². The molecular formula is C22H20N2O. The van der Waals surface area contributed by atoms with Crippen molar-refractivity contribution in [2.24, 2.45) is 0 Å². The van der Waals surface area contributed by atoms with Crippen LogP contribution in [0.5, 0.6) is 5.75 Å². The number of nitrogens with zero attached hydrogens (tertiary/aromatic N) is 2. The molecule has 0 aliphatic rings. The van der Waals surface area contributed by atoms with E-state index in [2.05, 4.69) is 66.1 Å². The number of hydrogen-bond donors (Lipinski definition) is 0. The Morgan fingerprint density at radius 3 is 2.48 bits per heavy atom. The van der Waals surface area contributed by atoms with Crippen LogP contribution in [0.3, 0.4) is 0 Å². The predicted octanol–water partition coefficient (Wildman–Crippen LogP) is 4.91. The number of methoxy groups -OCH3 is 1. The summed E-state index contributed by atoms with van der Waals surface area (Å²) in [5.41, 5.74) is 6.67. The molecule has 4 rings (SSSR count). The van der Waals surface area contributed by atoms with Gasteiger partial charge in [-0.05, 0) is 24.6 Å². The van der Waals surface area contributed by atoms with Crippen LogP contribution in [0, 0.1) is 6.92 Å². The number of ether oxygens (including phenoxy) is 1. The van der Waals surface area contributed by atoms with Crippen molar-refractivity contribution in [3.63, 3.8) is 0 Å². The number of fused-ring (bicyclic) bond motifs is 1. The molecule has 0 saturated heterocycles. The first-order valence-electron chi connectivity index (χ1n) is 8.41. The van der Waals surface area contributed by atoms with Gasteiger partial charge < -0.3 is 9.14 Å². The van der Waals surface area contributed by atoms with E-state index in [0.717, 1.165) is 34.6 Å². The van der Waals surface area contributed by atoms with Gasteiger partial charge in [-0.25, -0.2) is 4.98 Å². The Kier molecular flexibility index (Phi) is 3.98. The molecule has 25 heavy (non-hydrogen) atoms. The maximum atomic E-state index is 5.55. The largest absolute Gasteiger partial charge is 0.496 e. The zero-order valence-corrected chi connectivity index (χ0v) is 14.4. The van der Waals surface area contributed by atoms with Gasteiger partial charge in [0.05, 0.1) is 18.5 Å². The zero-order chi connectivity index (χ0) is 17.2. The Balaban J connectivity index is 1.92. The first kappa shape index (κ1) is 15.5. The molecule has 2 aromatic carbocycles. The molecule has 3 nitrogen and oxygen atoms in total. The number of aromatic nitrogens is 2. The highest BCUT2D eigenvalue weighted by Crippen LogP contribution is 2.29. The molecule has 0 radical (unpaired) electrons. The predicted molar refractivity (Wildman–Crippen MR) is 101 cm³/mol. The molecule has 3 heteroatoms. The summed E-state index contributed by atoms with van der Waals surface area (Å²) < 4.78 is 7.74. The summed E-state index contributed by atoms with van der Waals surface area (Å²) in [6, 6.07) is 22.7.